The number of amides is 1. The van der Waals surface area contributed by atoms with E-state index in [-0.39, 0.29) is 11.9 Å². The summed E-state index contributed by atoms with van der Waals surface area (Å²) in [6, 6.07) is 16.8. The van der Waals surface area contributed by atoms with Crippen LogP contribution in [0.1, 0.15) is 27.8 Å². The molecule has 1 amide bonds. The average Bonchev–Trinajstić information content (AvgIpc) is 3.55. The van der Waals surface area contributed by atoms with Crippen LogP contribution in [0.3, 0.4) is 0 Å². The van der Waals surface area contributed by atoms with E-state index in [9.17, 15) is 4.79 Å². The molecule has 5 rings (SSSR count). The summed E-state index contributed by atoms with van der Waals surface area (Å²) in [7, 11) is 0. The molecule has 160 valence electrons. The number of piperazine rings is 1. The summed E-state index contributed by atoms with van der Waals surface area (Å²) in [6.07, 6.45) is 0.786. The molecule has 0 saturated carbocycles. The van der Waals surface area contributed by atoms with Gasteiger partial charge in [0.15, 0.2) is 0 Å². The van der Waals surface area contributed by atoms with Crippen molar-refractivity contribution in [3.8, 4) is 0 Å². The van der Waals surface area contributed by atoms with Gasteiger partial charge in [0, 0.05) is 43.2 Å². The number of aryl methyl sites for hydroxylation is 1. The first-order chi connectivity index (χ1) is 15.2. The molecule has 1 fully saturated rings. The summed E-state index contributed by atoms with van der Waals surface area (Å²) >= 11 is 3.39. The van der Waals surface area contributed by atoms with E-state index in [1.165, 1.54) is 16.1 Å². The number of hydrazone groups is 1. The molecule has 0 N–H and O–H groups in total. The summed E-state index contributed by atoms with van der Waals surface area (Å²) in [5.41, 5.74) is 3.63. The largest absolute Gasteiger partial charge is 0.369 e. The van der Waals surface area contributed by atoms with Crippen LogP contribution < -0.4 is 4.90 Å². The maximum Gasteiger partial charge on any atom is 0.257 e. The van der Waals surface area contributed by atoms with Crippen molar-refractivity contribution in [1.82, 2.24) is 9.91 Å². The highest BCUT2D eigenvalue weighted by Crippen LogP contribution is 2.36. The molecular formula is C24H26N4OS2. The van der Waals surface area contributed by atoms with Crippen LogP contribution in [0, 0.1) is 6.92 Å². The summed E-state index contributed by atoms with van der Waals surface area (Å²) in [4.78, 5) is 20.4. The fourth-order valence-corrected chi connectivity index (χ4v) is 5.90. The first-order valence-corrected chi connectivity index (χ1v) is 12.4. The Morgan fingerprint density at radius 3 is 2.48 bits per heavy atom. The van der Waals surface area contributed by atoms with Crippen LogP contribution in [0.2, 0.25) is 0 Å². The van der Waals surface area contributed by atoms with E-state index in [4.69, 9.17) is 5.10 Å². The van der Waals surface area contributed by atoms with Crippen LogP contribution in [0.4, 0.5) is 5.69 Å². The fraction of sp³-hybridized carbons (Fsp3) is 0.333. The molecule has 5 nitrogen and oxygen atoms in total. The molecule has 4 heterocycles. The monoisotopic (exact) mass is 450 g/mol. The maximum atomic E-state index is 13.3. The average molecular weight is 451 g/mol. The van der Waals surface area contributed by atoms with Gasteiger partial charge in [0.2, 0.25) is 0 Å². The molecule has 7 heteroatoms. The minimum atomic E-state index is 0.0119. The van der Waals surface area contributed by atoms with Crippen molar-refractivity contribution in [3.63, 3.8) is 0 Å². The zero-order valence-corrected chi connectivity index (χ0v) is 19.2. The second kappa shape index (κ2) is 8.94. The van der Waals surface area contributed by atoms with E-state index >= 15 is 0 Å². The number of para-hydroxylation sites is 1. The Hall–Kier alpha value is -2.48. The number of carbonyl (C=O) groups excluding carboxylic acids is 1. The van der Waals surface area contributed by atoms with Crippen molar-refractivity contribution < 1.29 is 4.79 Å². The van der Waals surface area contributed by atoms with Gasteiger partial charge in [-0.1, -0.05) is 30.3 Å². The van der Waals surface area contributed by atoms with E-state index in [1.807, 2.05) is 6.07 Å². The summed E-state index contributed by atoms with van der Waals surface area (Å²) in [5.74, 6) is 0.0919. The molecule has 2 aliphatic rings. The van der Waals surface area contributed by atoms with E-state index in [2.05, 4.69) is 69.9 Å². The molecule has 0 unspecified atom stereocenters. The summed E-state index contributed by atoms with van der Waals surface area (Å²) in [6.45, 7) is 6.24. The highest BCUT2D eigenvalue weighted by Gasteiger charge is 2.35. The molecule has 0 radical (unpaired) electrons. The zero-order valence-electron chi connectivity index (χ0n) is 17.6. The first kappa shape index (κ1) is 20.4. The molecule has 0 spiro atoms. The van der Waals surface area contributed by atoms with Crippen molar-refractivity contribution in [2.75, 3.05) is 37.6 Å². The predicted octanol–water partition coefficient (Wildman–Crippen LogP) is 4.62. The highest BCUT2D eigenvalue weighted by molar-refractivity contribution is 7.12. The Balaban J connectivity index is 1.26. The van der Waals surface area contributed by atoms with Gasteiger partial charge in [-0.15, -0.1) is 22.7 Å². The lowest BCUT2D eigenvalue weighted by Gasteiger charge is -2.37. The van der Waals surface area contributed by atoms with Crippen LogP contribution in [0.15, 0.2) is 64.4 Å². The van der Waals surface area contributed by atoms with Crippen molar-refractivity contribution in [2.45, 2.75) is 19.4 Å². The third kappa shape index (κ3) is 4.31. The standard InChI is InChI=1S/C24H26N4OS2/c1-18-6-2-3-7-20(18)27-12-10-26(11-13-27)17-24(29)28-21(23-9-5-15-31-23)16-19(25-28)22-8-4-14-30-22/h2-9,14-15,21H,10-13,16-17H2,1H3/t21-/m1/s1. The normalized spacial score (nSPS) is 19.6. The lowest BCUT2D eigenvalue weighted by atomic mass is 10.1. The third-order valence-electron chi connectivity index (χ3n) is 6.03. The highest BCUT2D eigenvalue weighted by atomic mass is 32.1. The van der Waals surface area contributed by atoms with E-state index in [0.29, 0.717) is 6.54 Å². The zero-order chi connectivity index (χ0) is 21.2. The molecule has 0 bridgehead atoms. The number of hydrogen-bond acceptors (Lipinski definition) is 6. The molecule has 2 aromatic heterocycles. The van der Waals surface area contributed by atoms with Crippen LogP contribution in [-0.2, 0) is 4.79 Å². The number of rotatable bonds is 5. The van der Waals surface area contributed by atoms with Gasteiger partial charge < -0.3 is 4.90 Å². The molecule has 0 aliphatic carbocycles. The predicted molar refractivity (Wildman–Crippen MR) is 129 cm³/mol. The third-order valence-corrected chi connectivity index (χ3v) is 7.92. The second-order valence-corrected chi connectivity index (χ2v) is 9.97. The molecule has 1 aromatic carbocycles. The number of hydrogen-bond donors (Lipinski definition) is 0. The molecule has 3 aromatic rings. The fourth-order valence-electron chi connectivity index (χ4n) is 4.36. The van der Waals surface area contributed by atoms with E-state index in [1.54, 1.807) is 27.7 Å². The van der Waals surface area contributed by atoms with E-state index < -0.39 is 0 Å². The summed E-state index contributed by atoms with van der Waals surface area (Å²) in [5, 5.41) is 10.7. The van der Waals surface area contributed by atoms with E-state index in [0.717, 1.165) is 43.2 Å². The van der Waals surface area contributed by atoms with Gasteiger partial charge in [-0.25, -0.2) is 5.01 Å². The Morgan fingerprint density at radius 1 is 1.00 bits per heavy atom. The lowest BCUT2D eigenvalue weighted by Crippen LogP contribution is -2.49. The van der Waals surface area contributed by atoms with Crippen LogP contribution >= 0.6 is 22.7 Å². The lowest BCUT2D eigenvalue weighted by molar-refractivity contribution is -0.134. The van der Waals surface area contributed by atoms with Gasteiger partial charge in [0.05, 0.1) is 23.2 Å². The minimum absolute atomic E-state index is 0.0119. The number of thiophene rings is 2. The van der Waals surface area contributed by atoms with Gasteiger partial charge in [-0.05, 0) is 41.4 Å². The van der Waals surface area contributed by atoms with Crippen LogP contribution in [0.25, 0.3) is 0 Å². The van der Waals surface area contributed by atoms with Gasteiger partial charge in [0.25, 0.3) is 5.91 Å². The SMILES string of the molecule is Cc1ccccc1N1CCN(CC(=O)N2N=C(c3cccs3)C[C@@H]2c2cccs2)CC1. The molecule has 1 atom stereocenters. The van der Waals surface area contributed by atoms with Crippen molar-refractivity contribution in [1.29, 1.82) is 0 Å². The van der Waals surface area contributed by atoms with Gasteiger partial charge in [-0.2, -0.15) is 5.10 Å². The number of nitrogens with zero attached hydrogens (tertiary/aromatic N) is 4. The number of benzene rings is 1. The minimum Gasteiger partial charge on any atom is -0.369 e. The van der Waals surface area contributed by atoms with Crippen LogP contribution in [0.5, 0.6) is 0 Å². The first-order valence-electron chi connectivity index (χ1n) is 10.7. The van der Waals surface area contributed by atoms with Gasteiger partial charge in [-0.3, -0.25) is 9.69 Å². The van der Waals surface area contributed by atoms with Gasteiger partial charge >= 0.3 is 0 Å². The Labute approximate surface area is 191 Å². The van der Waals surface area contributed by atoms with Crippen molar-refractivity contribution >= 4 is 40.0 Å². The topological polar surface area (TPSA) is 39.1 Å². The molecule has 2 aliphatic heterocycles. The maximum absolute atomic E-state index is 13.3. The number of anilines is 1. The second-order valence-electron chi connectivity index (χ2n) is 8.05. The quantitative estimate of drug-likeness (QED) is 0.570. The van der Waals surface area contributed by atoms with Crippen LogP contribution in [-0.4, -0.2) is 54.3 Å². The molecule has 31 heavy (non-hydrogen) atoms. The van der Waals surface area contributed by atoms with Crippen molar-refractivity contribution in [2.24, 2.45) is 5.10 Å². The Bertz CT molecular complexity index is 1050. The summed E-state index contributed by atoms with van der Waals surface area (Å²) < 4.78 is 0. The van der Waals surface area contributed by atoms with Gasteiger partial charge in [0.1, 0.15) is 0 Å². The Kier molecular flexibility index (Phi) is 5.89. The number of carbonyl (C=O) groups is 1. The molecular weight excluding hydrogens is 424 g/mol. The smallest absolute Gasteiger partial charge is 0.257 e. The van der Waals surface area contributed by atoms with Crippen molar-refractivity contribution in [3.05, 3.63) is 74.6 Å². The Morgan fingerprint density at radius 2 is 1.77 bits per heavy atom. The molecule has 1 saturated heterocycles.